The summed E-state index contributed by atoms with van der Waals surface area (Å²) < 4.78 is 47.1. The van der Waals surface area contributed by atoms with Crippen molar-refractivity contribution in [2.24, 2.45) is 0 Å². The Morgan fingerprint density at radius 2 is 1.09 bits per heavy atom. The van der Waals surface area contributed by atoms with Crippen molar-refractivity contribution >= 4 is 61.1 Å². The maximum atomic E-state index is 12.3. The van der Waals surface area contributed by atoms with Crippen molar-refractivity contribution in [2.45, 2.75) is 136 Å². The summed E-state index contributed by atoms with van der Waals surface area (Å²) in [5.74, 6) is -2.02. The zero-order valence-electron chi connectivity index (χ0n) is 30.2. The van der Waals surface area contributed by atoms with Gasteiger partial charge in [-0.2, -0.15) is 0 Å². The fourth-order valence-corrected chi connectivity index (χ4v) is 38.4. The highest BCUT2D eigenvalue weighted by Gasteiger charge is 2.70. The number of esters is 2. The lowest BCUT2D eigenvalue weighted by molar-refractivity contribution is -0.279. The van der Waals surface area contributed by atoms with Crippen LogP contribution in [0.15, 0.2) is 24.3 Å². The van der Waals surface area contributed by atoms with E-state index < -0.39 is 61.1 Å². The summed E-state index contributed by atoms with van der Waals surface area (Å²) in [6, 6.07) is 2.05. The van der Waals surface area contributed by atoms with E-state index in [1.165, 1.54) is 0 Å². The molecule has 1 aliphatic heterocycles. The Bertz CT molecular complexity index is 1010. The molecule has 0 amide bonds. The molecule has 1 saturated heterocycles. The van der Waals surface area contributed by atoms with Gasteiger partial charge in [0.2, 0.25) is 7.83 Å². The highest BCUT2D eigenvalue weighted by Crippen LogP contribution is 2.50. The number of hydrogen-bond donors (Lipinski definition) is 0. The summed E-state index contributed by atoms with van der Waals surface area (Å²) in [4.78, 5) is 24.5. The van der Waals surface area contributed by atoms with Crippen molar-refractivity contribution in [3.8, 4) is 0 Å². The molecule has 1 rings (SSSR count). The van der Waals surface area contributed by atoms with Gasteiger partial charge in [-0.15, -0.1) is 0 Å². The summed E-state index contributed by atoms with van der Waals surface area (Å²) in [5, 5.41) is 0. The maximum absolute atomic E-state index is 12.3. The Morgan fingerprint density at radius 1 is 0.682 bits per heavy atom. The summed E-state index contributed by atoms with van der Waals surface area (Å²) >= 11 is 0. The first kappa shape index (κ1) is 41.5. The van der Waals surface area contributed by atoms with E-state index in [9.17, 15) is 9.59 Å². The van der Waals surface area contributed by atoms with Crippen LogP contribution in [0.1, 0.15) is 33.1 Å². The van der Waals surface area contributed by atoms with Crippen molar-refractivity contribution < 1.29 is 40.6 Å². The summed E-state index contributed by atoms with van der Waals surface area (Å²) in [6.07, 6.45) is 1.74. The van der Waals surface area contributed by atoms with E-state index in [2.05, 4.69) is 91.7 Å². The van der Waals surface area contributed by atoms with Crippen LogP contribution in [-0.4, -0.2) is 80.3 Å². The van der Waals surface area contributed by atoms with Crippen LogP contribution in [0.5, 0.6) is 0 Å². The van der Waals surface area contributed by atoms with Gasteiger partial charge in [0, 0.05) is 17.6 Å². The topological polar surface area (TPSA) is 98.8 Å². The SMILES string of the molecule is C=C(C)C(=O)OCCC[Si]1(O[Si](C)(C)C)CCC(O[Si](C)(C)C)(O[Si](C)(C)C)O[Si]1(CCCOC(=O)C(=C)C)O[Si](C)(C)C. The average Bonchev–Trinajstić information content (AvgIpc) is 2.77. The number of ether oxygens (including phenoxy) is 2. The molecule has 2 unspecified atom stereocenters. The first-order valence-corrected chi connectivity index (χ1v) is 34.8. The Kier molecular flexibility index (Phi) is 14.7. The van der Waals surface area contributed by atoms with Crippen molar-refractivity contribution in [2.75, 3.05) is 13.2 Å². The van der Waals surface area contributed by atoms with Crippen LogP contribution in [-0.2, 0) is 40.6 Å². The van der Waals surface area contributed by atoms with Gasteiger partial charge in [0.05, 0.1) is 13.2 Å². The monoisotopic (exact) mass is 722 g/mol. The third kappa shape index (κ3) is 14.1. The van der Waals surface area contributed by atoms with Gasteiger partial charge < -0.3 is 31.0 Å². The molecular formula is C29H62O9Si6. The fraction of sp³-hybridized carbons (Fsp3) is 0.793. The lowest BCUT2D eigenvalue weighted by atomic mass is 10.4. The summed E-state index contributed by atoms with van der Waals surface area (Å²) in [7, 11) is -14.9. The molecule has 0 aromatic carbocycles. The predicted octanol–water partition coefficient (Wildman–Crippen LogP) is 7.95. The molecule has 1 heterocycles. The average molecular weight is 723 g/mol. The molecule has 0 aliphatic carbocycles. The van der Waals surface area contributed by atoms with Gasteiger partial charge in [0.25, 0.3) is 5.97 Å². The van der Waals surface area contributed by atoms with E-state index in [0.29, 0.717) is 36.5 Å². The Hall–Kier alpha value is -0.479. The second-order valence-electron chi connectivity index (χ2n) is 15.9. The van der Waals surface area contributed by atoms with Crippen molar-refractivity contribution in [3.63, 3.8) is 0 Å². The lowest BCUT2D eigenvalue weighted by Gasteiger charge is -2.59. The molecule has 256 valence electrons. The molecule has 0 saturated carbocycles. The predicted molar refractivity (Wildman–Crippen MR) is 193 cm³/mol. The molecule has 44 heavy (non-hydrogen) atoms. The Labute approximate surface area is 274 Å². The van der Waals surface area contributed by atoms with E-state index in [1.54, 1.807) is 13.8 Å². The molecule has 0 spiro atoms. The molecule has 0 bridgehead atoms. The molecule has 15 heteroatoms. The minimum atomic E-state index is -3.30. The van der Waals surface area contributed by atoms with E-state index in [0.717, 1.165) is 12.1 Å². The zero-order valence-corrected chi connectivity index (χ0v) is 36.2. The highest BCUT2D eigenvalue weighted by molar-refractivity contribution is 7.37. The number of carbonyl (C=O) groups is 2. The summed E-state index contributed by atoms with van der Waals surface area (Å²) in [5.41, 5.74) is 0.744. The largest absolute Gasteiger partial charge is 0.462 e. The molecule has 2 atom stereocenters. The van der Waals surface area contributed by atoms with Crippen LogP contribution in [0.3, 0.4) is 0 Å². The zero-order chi connectivity index (χ0) is 34.4. The third-order valence-corrected chi connectivity index (χ3v) is 29.7. The fourth-order valence-electron chi connectivity index (χ4n) is 5.30. The van der Waals surface area contributed by atoms with Gasteiger partial charge in [-0.1, -0.05) is 13.2 Å². The van der Waals surface area contributed by atoms with Crippen LogP contribution in [0.25, 0.3) is 0 Å². The van der Waals surface area contributed by atoms with E-state index in [1.807, 2.05) is 0 Å². The van der Waals surface area contributed by atoms with Crippen LogP contribution < -0.4 is 0 Å². The van der Waals surface area contributed by atoms with Crippen LogP contribution in [0.4, 0.5) is 0 Å². The standard InChI is InChI=1S/C29H62O9Si6/c1-25(2)27(30)32-20-17-22-43(37-41(11,12)13)24-19-29(34-39(5,6)7,35-40(8,9)10)36-44(43,38-42(14,15)16)23-18-21-33-28(31)26(3)4/h1,3,17-24H2,2,4-16H3. The van der Waals surface area contributed by atoms with Crippen LogP contribution in [0, 0.1) is 0 Å². The van der Waals surface area contributed by atoms with Gasteiger partial charge >= 0.3 is 20.0 Å². The first-order chi connectivity index (χ1) is 19.6. The molecule has 0 N–H and O–H groups in total. The lowest BCUT2D eigenvalue weighted by Crippen LogP contribution is -2.78. The highest BCUT2D eigenvalue weighted by atomic mass is 29.3. The second-order valence-corrected chi connectivity index (χ2v) is 45.1. The normalized spacial score (nSPS) is 22.8. The van der Waals surface area contributed by atoms with Crippen molar-refractivity contribution in [3.05, 3.63) is 24.3 Å². The molecule has 9 nitrogen and oxygen atoms in total. The minimum absolute atomic E-state index is 0.225. The van der Waals surface area contributed by atoms with Crippen LogP contribution in [0.2, 0.25) is 96.7 Å². The van der Waals surface area contributed by atoms with Crippen molar-refractivity contribution in [1.82, 2.24) is 0 Å². The van der Waals surface area contributed by atoms with E-state index in [4.69, 9.17) is 31.0 Å². The van der Waals surface area contributed by atoms with Gasteiger partial charge in [-0.25, -0.2) is 9.59 Å². The van der Waals surface area contributed by atoms with Gasteiger partial charge in [0.1, 0.15) is 0 Å². The van der Waals surface area contributed by atoms with Gasteiger partial charge in [-0.05, 0) is 123 Å². The number of carbonyl (C=O) groups excluding carboxylic acids is 2. The minimum Gasteiger partial charge on any atom is -0.462 e. The number of hydrogen-bond acceptors (Lipinski definition) is 9. The quantitative estimate of drug-likeness (QED) is 0.0459. The van der Waals surface area contributed by atoms with Crippen LogP contribution >= 0.6 is 0 Å². The molecule has 1 fully saturated rings. The molecule has 1 aliphatic rings. The Morgan fingerprint density at radius 3 is 1.45 bits per heavy atom. The molecule has 0 radical (unpaired) electrons. The summed E-state index contributed by atoms with van der Waals surface area (Å²) in [6.45, 7) is 37.3. The van der Waals surface area contributed by atoms with E-state index in [-0.39, 0.29) is 19.2 Å². The van der Waals surface area contributed by atoms with E-state index >= 15 is 0 Å². The molecule has 0 aromatic heterocycles. The molecule has 0 aromatic rings. The van der Waals surface area contributed by atoms with Gasteiger partial charge in [0.15, 0.2) is 33.3 Å². The third-order valence-electron chi connectivity index (χ3n) is 6.28. The molecular weight excluding hydrogens is 661 g/mol. The van der Waals surface area contributed by atoms with Crippen molar-refractivity contribution in [1.29, 1.82) is 0 Å². The first-order valence-electron chi connectivity index (χ1n) is 15.8. The smallest absolute Gasteiger partial charge is 0.342 e. The Balaban J connectivity index is 3.83. The number of rotatable bonds is 18. The van der Waals surface area contributed by atoms with Gasteiger partial charge in [-0.3, -0.25) is 0 Å². The maximum Gasteiger partial charge on any atom is 0.342 e. The second kappa shape index (κ2) is 15.6.